The van der Waals surface area contributed by atoms with Crippen LogP contribution in [0.2, 0.25) is 0 Å². The lowest BCUT2D eigenvalue weighted by molar-refractivity contribution is 0.500. The van der Waals surface area contributed by atoms with Crippen LogP contribution in [0.3, 0.4) is 0 Å². The van der Waals surface area contributed by atoms with Crippen molar-refractivity contribution >= 4 is 22.2 Å². The van der Waals surface area contributed by atoms with Gasteiger partial charge in [0, 0.05) is 29.2 Å². The van der Waals surface area contributed by atoms with Gasteiger partial charge in [-0.3, -0.25) is 0 Å². The van der Waals surface area contributed by atoms with Gasteiger partial charge in [-0.15, -0.1) is 11.3 Å². The SMILES string of the molecule is CCCC(NCc1ccc2[nH]ccc2c1)c1cccs1. The molecule has 0 saturated carbocycles. The molecule has 2 heterocycles. The Morgan fingerprint density at radius 2 is 2.20 bits per heavy atom. The normalized spacial score (nSPS) is 12.8. The molecule has 3 aromatic rings. The van der Waals surface area contributed by atoms with Crippen molar-refractivity contribution in [2.45, 2.75) is 32.4 Å². The Labute approximate surface area is 123 Å². The van der Waals surface area contributed by atoms with Crippen molar-refractivity contribution in [3.63, 3.8) is 0 Å². The molecule has 2 N–H and O–H groups in total. The summed E-state index contributed by atoms with van der Waals surface area (Å²) < 4.78 is 0. The molecule has 0 saturated heterocycles. The summed E-state index contributed by atoms with van der Waals surface area (Å²) in [4.78, 5) is 4.67. The van der Waals surface area contributed by atoms with Crippen molar-refractivity contribution in [2.75, 3.05) is 0 Å². The third-order valence-electron chi connectivity index (χ3n) is 3.63. The summed E-state index contributed by atoms with van der Waals surface area (Å²) in [6, 6.07) is 13.6. The van der Waals surface area contributed by atoms with E-state index in [2.05, 4.69) is 59.0 Å². The Hall–Kier alpha value is -1.58. The highest BCUT2D eigenvalue weighted by molar-refractivity contribution is 7.10. The summed E-state index contributed by atoms with van der Waals surface area (Å²) >= 11 is 1.84. The minimum atomic E-state index is 0.474. The molecule has 0 radical (unpaired) electrons. The van der Waals surface area contributed by atoms with Gasteiger partial charge in [0.25, 0.3) is 0 Å². The topological polar surface area (TPSA) is 27.8 Å². The fourth-order valence-corrected chi connectivity index (χ4v) is 3.41. The number of hydrogen-bond donors (Lipinski definition) is 2. The fraction of sp³-hybridized carbons (Fsp3) is 0.294. The van der Waals surface area contributed by atoms with Gasteiger partial charge in [-0.2, -0.15) is 0 Å². The Balaban J connectivity index is 1.70. The molecule has 1 aromatic carbocycles. The van der Waals surface area contributed by atoms with E-state index in [1.54, 1.807) is 0 Å². The van der Waals surface area contributed by atoms with E-state index in [9.17, 15) is 0 Å². The minimum Gasteiger partial charge on any atom is -0.361 e. The smallest absolute Gasteiger partial charge is 0.0454 e. The van der Waals surface area contributed by atoms with Crippen molar-refractivity contribution in [3.05, 3.63) is 58.4 Å². The molecule has 3 heteroatoms. The summed E-state index contributed by atoms with van der Waals surface area (Å²) in [6.07, 6.45) is 4.38. The van der Waals surface area contributed by atoms with Crippen LogP contribution in [0.4, 0.5) is 0 Å². The molecule has 2 nitrogen and oxygen atoms in total. The standard InChI is InChI=1S/C17H20N2S/c1-2-4-16(17-5-3-10-20-17)19-12-13-6-7-15-14(11-13)8-9-18-15/h3,5-11,16,18-19H,2,4,12H2,1H3. The van der Waals surface area contributed by atoms with E-state index in [-0.39, 0.29) is 0 Å². The van der Waals surface area contributed by atoms with E-state index in [0.717, 1.165) is 6.54 Å². The van der Waals surface area contributed by atoms with Crippen LogP contribution in [-0.4, -0.2) is 4.98 Å². The Morgan fingerprint density at radius 3 is 3.00 bits per heavy atom. The second-order valence-corrected chi connectivity index (χ2v) is 6.12. The van der Waals surface area contributed by atoms with E-state index in [4.69, 9.17) is 0 Å². The van der Waals surface area contributed by atoms with Crippen LogP contribution >= 0.6 is 11.3 Å². The maximum atomic E-state index is 3.70. The molecule has 0 aliphatic carbocycles. The number of benzene rings is 1. The fourth-order valence-electron chi connectivity index (χ4n) is 2.58. The number of hydrogen-bond acceptors (Lipinski definition) is 2. The maximum absolute atomic E-state index is 3.70. The zero-order valence-corrected chi connectivity index (χ0v) is 12.5. The molecule has 20 heavy (non-hydrogen) atoms. The molecule has 1 atom stereocenters. The van der Waals surface area contributed by atoms with Crippen molar-refractivity contribution in [1.82, 2.24) is 10.3 Å². The van der Waals surface area contributed by atoms with Crippen LogP contribution in [0.5, 0.6) is 0 Å². The summed E-state index contributed by atoms with van der Waals surface area (Å²) in [5.74, 6) is 0. The third kappa shape index (κ3) is 2.94. The zero-order valence-electron chi connectivity index (χ0n) is 11.7. The van der Waals surface area contributed by atoms with Gasteiger partial charge in [-0.1, -0.05) is 25.5 Å². The van der Waals surface area contributed by atoms with Crippen LogP contribution in [-0.2, 0) is 6.54 Å². The van der Waals surface area contributed by atoms with Crippen molar-refractivity contribution < 1.29 is 0 Å². The molecule has 104 valence electrons. The van der Waals surface area contributed by atoms with Gasteiger partial charge in [0.05, 0.1) is 0 Å². The van der Waals surface area contributed by atoms with Gasteiger partial charge in [-0.05, 0) is 47.0 Å². The number of H-pyrrole nitrogens is 1. The highest BCUT2D eigenvalue weighted by Crippen LogP contribution is 2.24. The molecule has 1 unspecified atom stereocenters. The highest BCUT2D eigenvalue weighted by atomic mass is 32.1. The second-order valence-electron chi connectivity index (χ2n) is 5.14. The summed E-state index contributed by atoms with van der Waals surface area (Å²) in [7, 11) is 0. The average Bonchev–Trinajstić information content (AvgIpc) is 3.13. The molecule has 0 aliphatic heterocycles. The molecule has 0 amide bonds. The van der Waals surface area contributed by atoms with Gasteiger partial charge in [0.15, 0.2) is 0 Å². The molecule has 3 rings (SSSR count). The highest BCUT2D eigenvalue weighted by Gasteiger charge is 2.10. The minimum absolute atomic E-state index is 0.474. The number of nitrogens with one attached hydrogen (secondary N) is 2. The Bertz CT molecular complexity index is 655. The molecule has 0 bridgehead atoms. The van der Waals surface area contributed by atoms with Gasteiger partial charge >= 0.3 is 0 Å². The maximum Gasteiger partial charge on any atom is 0.0454 e. The Morgan fingerprint density at radius 1 is 1.25 bits per heavy atom. The van der Waals surface area contributed by atoms with E-state index in [0.29, 0.717) is 6.04 Å². The zero-order chi connectivity index (χ0) is 13.8. The summed E-state index contributed by atoms with van der Waals surface area (Å²) in [5, 5.41) is 7.14. The lowest BCUT2D eigenvalue weighted by Crippen LogP contribution is -2.19. The largest absolute Gasteiger partial charge is 0.361 e. The third-order valence-corrected chi connectivity index (χ3v) is 4.62. The van der Waals surface area contributed by atoms with Crippen LogP contribution in [0.15, 0.2) is 48.0 Å². The van der Waals surface area contributed by atoms with Crippen LogP contribution < -0.4 is 5.32 Å². The summed E-state index contributed by atoms with van der Waals surface area (Å²) in [5.41, 5.74) is 2.55. The van der Waals surface area contributed by atoms with Crippen LogP contribution in [0, 0.1) is 0 Å². The van der Waals surface area contributed by atoms with Crippen LogP contribution in [0.1, 0.15) is 36.2 Å². The number of thiophene rings is 1. The average molecular weight is 284 g/mol. The quantitative estimate of drug-likeness (QED) is 0.664. The molecular formula is C17H20N2S. The Kier molecular flexibility index (Phi) is 4.19. The molecule has 2 aromatic heterocycles. The first kappa shape index (κ1) is 13.4. The molecule has 0 aliphatic rings. The van der Waals surface area contributed by atoms with Crippen molar-refractivity contribution in [2.24, 2.45) is 0 Å². The first-order valence-electron chi connectivity index (χ1n) is 7.19. The number of aromatic nitrogens is 1. The van der Waals surface area contributed by atoms with Crippen LogP contribution in [0.25, 0.3) is 10.9 Å². The van der Waals surface area contributed by atoms with E-state index < -0.39 is 0 Å². The lowest BCUT2D eigenvalue weighted by atomic mass is 10.1. The molecular weight excluding hydrogens is 264 g/mol. The number of aromatic amines is 1. The molecule has 0 spiro atoms. The van der Waals surface area contributed by atoms with Gasteiger partial charge in [0.1, 0.15) is 0 Å². The first-order chi connectivity index (χ1) is 9.86. The number of fused-ring (bicyclic) bond motifs is 1. The summed E-state index contributed by atoms with van der Waals surface area (Å²) in [6.45, 7) is 3.16. The van der Waals surface area contributed by atoms with Crippen molar-refractivity contribution in [1.29, 1.82) is 0 Å². The first-order valence-corrected chi connectivity index (χ1v) is 8.07. The molecule has 0 fully saturated rings. The predicted molar refractivity (Wildman–Crippen MR) is 87.1 cm³/mol. The van der Waals surface area contributed by atoms with E-state index in [1.807, 2.05) is 17.5 Å². The monoisotopic (exact) mass is 284 g/mol. The van der Waals surface area contributed by atoms with E-state index >= 15 is 0 Å². The second kappa shape index (κ2) is 6.25. The predicted octanol–water partition coefficient (Wildman–Crippen LogP) is 4.86. The van der Waals surface area contributed by atoms with Gasteiger partial charge < -0.3 is 10.3 Å². The van der Waals surface area contributed by atoms with E-state index in [1.165, 1.54) is 34.2 Å². The van der Waals surface area contributed by atoms with Gasteiger partial charge in [0.2, 0.25) is 0 Å². The van der Waals surface area contributed by atoms with Crippen molar-refractivity contribution in [3.8, 4) is 0 Å². The lowest BCUT2D eigenvalue weighted by Gasteiger charge is -2.16. The number of rotatable bonds is 6. The van der Waals surface area contributed by atoms with Gasteiger partial charge in [-0.25, -0.2) is 0 Å².